The first kappa shape index (κ1) is 12.7. The van der Waals surface area contributed by atoms with E-state index in [1.807, 2.05) is 0 Å². The maximum atomic E-state index is 11.8. The number of aryl methyl sites for hydroxylation is 1. The summed E-state index contributed by atoms with van der Waals surface area (Å²) in [5.41, 5.74) is 4.98. The second-order valence-corrected chi connectivity index (χ2v) is 6.67. The Hall–Kier alpha value is -1.74. The van der Waals surface area contributed by atoms with E-state index in [4.69, 9.17) is 5.73 Å². The van der Waals surface area contributed by atoms with Gasteiger partial charge >= 0.3 is 0 Å². The Kier molecular flexibility index (Phi) is 2.74. The van der Waals surface area contributed by atoms with Gasteiger partial charge in [-0.05, 0) is 12.5 Å². The Morgan fingerprint density at radius 1 is 1.44 bits per heavy atom. The Morgan fingerprint density at radius 2 is 2.06 bits per heavy atom. The molecule has 0 atom stereocenters. The van der Waals surface area contributed by atoms with Crippen LogP contribution >= 0.6 is 11.3 Å². The number of nitrogens with zero attached hydrogens (tertiary/aromatic N) is 1. The summed E-state index contributed by atoms with van der Waals surface area (Å²) in [5.74, 6) is -0.671. The Morgan fingerprint density at radius 3 is 2.56 bits per heavy atom. The van der Waals surface area contributed by atoms with Gasteiger partial charge in [0.1, 0.15) is 4.83 Å². The number of nitrogens with one attached hydrogen (secondary N) is 1. The molecule has 1 amide bonds. The van der Waals surface area contributed by atoms with Crippen LogP contribution in [0.3, 0.4) is 0 Å². The van der Waals surface area contributed by atoms with E-state index >= 15 is 0 Å². The van der Waals surface area contributed by atoms with E-state index in [9.17, 15) is 18.0 Å². The molecule has 0 radical (unpaired) electrons. The number of sulfone groups is 1. The van der Waals surface area contributed by atoms with Crippen LogP contribution in [-0.4, -0.2) is 30.5 Å². The monoisotopic (exact) mass is 287 g/mol. The van der Waals surface area contributed by atoms with Gasteiger partial charge in [-0.2, -0.15) is 0 Å². The quantitative estimate of drug-likeness (QED) is 0.740. The van der Waals surface area contributed by atoms with Gasteiger partial charge in [-0.15, -0.1) is 11.3 Å². The summed E-state index contributed by atoms with van der Waals surface area (Å²) >= 11 is 0.906. The molecule has 0 bridgehead atoms. The van der Waals surface area contributed by atoms with Crippen LogP contribution in [0.5, 0.6) is 0 Å². The summed E-state index contributed by atoms with van der Waals surface area (Å²) in [7, 11) is -3.62. The van der Waals surface area contributed by atoms with Crippen molar-refractivity contribution in [2.75, 3.05) is 6.26 Å². The van der Waals surface area contributed by atoms with E-state index < -0.39 is 26.5 Å². The summed E-state index contributed by atoms with van der Waals surface area (Å²) < 4.78 is 22.7. The van der Waals surface area contributed by atoms with E-state index in [0.29, 0.717) is 5.56 Å². The number of amides is 1. The van der Waals surface area contributed by atoms with Crippen LogP contribution in [0.15, 0.2) is 9.95 Å². The number of rotatable bonds is 2. The number of primary amides is 1. The van der Waals surface area contributed by atoms with Gasteiger partial charge in [-0.25, -0.2) is 13.4 Å². The fourth-order valence-corrected chi connectivity index (χ4v) is 3.16. The van der Waals surface area contributed by atoms with Gasteiger partial charge in [0.2, 0.25) is 15.0 Å². The second kappa shape index (κ2) is 3.89. The van der Waals surface area contributed by atoms with Crippen molar-refractivity contribution in [3.63, 3.8) is 0 Å². The lowest BCUT2D eigenvalue weighted by Crippen LogP contribution is -2.15. The normalized spacial score (nSPS) is 11.9. The molecular weight excluding hydrogens is 278 g/mol. The summed E-state index contributed by atoms with van der Waals surface area (Å²) in [6.45, 7) is 1.57. The molecule has 0 spiro atoms. The predicted molar refractivity (Wildman–Crippen MR) is 66.6 cm³/mol. The van der Waals surface area contributed by atoms with E-state index in [2.05, 4.69) is 9.97 Å². The molecule has 9 heteroatoms. The van der Waals surface area contributed by atoms with Gasteiger partial charge in [-0.1, -0.05) is 0 Å². The second-order valence-electron chi connectivity index (χ2n) is 3.74. The fourth-order valence-electron chi connectivity index (χ4n) is 1.53. The van der Waals surface area contributed by atoms with Gasteiger partial charge in [0.05, 0.1) is 10.3 Å². The summed E-state index contributed by atoms with van der Waals surface area (Å²) in [4.78, 5) is 29.4. The number of thiophene rings is 1. The van der Waals surface area contributed by atoms with Gasteiger partial charge in [-0.3, -0.25) is 14.6 Å². The highest BCUT2D eigenvalue weighted by atomic mass is 32.2. The Labute approximate surface area is 106 Å². The molecule has 2 heterocycles. The van der Waals surface area contributed by atoms with Crippen LogP contribution in [0, 0.1) is 6.92 Å². The summed E-state index contributed by atoms with van der Waals surface area (Å²) in [5, 5.41) is -0.224. The van der Waals surface area contributed by atoms with Crippen molar-refractivity contribution in [1.29, 1.82) is 0 Å². The van der Waals surface area contributed by atoms with Gasteiger partial charge in [0, 0.05) is 6.26 Å². The van der Waals surface area contributed by atoms with Crippen molar-refractivity contribution >= 4 is 37.3 Å². The number of aromatic amines is 1. The van der Waals surface area contributed by atoms with Crippen LogP contribution in [0.1, 0.15) is 15.2 Å². The molecule has 0 saturated heterocycles. The van der Waals surface area contributed by atoms with Gasteiger partial charge < -0.3 is 5.73 Å². The molecule has 0 fully saturated rings. The van der Waals surface area contributed by atoms with Crippen molar-refractivity contribution in [2.24, 2.45) is 5.73 Å². The zero-order chi connectivity index (χ0) is 13.7. The standard InChI is InChI=1S/C9H9N3O4S2/c1-3-4-7(14)11-9(18(2,15)16)12-8(4)17-5(3)6(10)13/h1-2H3,(H2,10,13)(H,11,12,14). The molecule has 0 aliphatic rings. The molecule has 96 valence electrons. The SMILES string of the molecule is Cc1c(C(N)=O)sc2nc(S(C)(=O)=O)[nH]c(=O)c12. The lowest BCUT2D eigenvalue weighted by molar-refractivity contribution is 0.100. The molecule has 2 aromatic rings. The maximum Gasteiger partial charge on any atom is 0.260 e. The highest BCUT2D eigenvalue weighted by molar-refractivity contribution is 7.90. The van der Waals surface area contributed by atoms with E-state index in [-0.39, 0.29) is 15.1 Å². The minimum absolute atomic E-state index is 0.186. The average Bonchev–Trinajstić information content (AvgIpc) is 2.55. The number of fused-ring (bicyclic) bond motifs is 1. The number of hydrogen-bond donors (Lipinski definition) is 2. The minimum Gasteiger partial charge on any atom is -0.365 e. The summed E-state index contributed by atoms with van der Waals surface area (Å²) in [6.07, 6.45) is 0.937. The molecule has 7 nitrogen and oxygen atoms in total. The van der Waals surface area contributed by atoms with Crippen molar-refractivity contribution < 1.29 is 13.2 Å². The zero-order valence-electron chi connectivity index (χ0n) is 9.47. The highest BCUT2D eigenvalue weighted by Gasteiger charge is 2.20. The molecule has 0 saturated carbocycles. The molecule has 0 aromatic carbocycles. The van der Waals surface area contributed by atoms with Crippen LogP contribution < -0.4 is 11.3 Å². The molecule has 0 aliphatic carbocycles. The smallest absolute Gasteiger partial charge is 0.260 e. The molecule has 3 N–H and O–H groups in total. The van der Waals surface area contributed by atoms with E-state index in [0.717, 1.165) is 17.6 Å². The minimum atomic E-state index is -3.62. The van der Waals surface area contributed by atoms with Crippen molar-refractivity contribution in [1.82, 2.24) is 9.97 Å². The lowest BCUT2D eigenvalue weighted by atomic mass is 10.2. The van der Waals surface area contributed by atoms with Gasteiger partial charge in [0.25, 0.3) is 11.5 Å². The first-order valence-electron chi connectivity index (χ1n) is 4.75. The fraction of sp³-hybridized carbons (Fsp3) is 0.222. The number of carbonyl (C=O) groups excluding carboxylic acids is 1. The van der Waals surface area contributed by atoms with E-state index in [1.165, 1.54) is 0 Å². The van der Waals surface area contributed by atoms with Crippen LogP contribution in [-0.2, 0) is 9.84 Å². The third-order valence-corrected chi connectivity index (χ3v) is 4.45. The van der Waals surface area contributed by atoms with Crippen molar-refractivity contribution in [2.45, 2.75) is 12.1 Å². The van der Waals surface area contributed by atoms with Crippen LogP contribution in [0.25, 0.3) is 10.2 Å². The molecule has 18 heavy (non-hydrogen) atoms. The maximum absolute atomic E-state index is 11.8. The number of H-pyrrole nitrogens is 1. The molecule has 2 rings (SSSR count). The highest BCUT2D eigenvalue weighted by Crippen LogP contribution is 2.26. The zero-order valence-corrected chi connectivity index (χ0v) is 11.1. The lowest BCUT2D eigenvalue weighted by Gasteiger charge is -1.97. The molecular formula is C9H9N3O4S2. The first-order chi connectivity index (χ1) is 8.21. The van der Waals surface area contributed by atoms with E-state index in [1.54, 1.807) is 6.92 Å². The molecule has 0 aliphatic heterocycles. The largest absolute Gasteiger partial charge is 0.365 e. The first-order valence-corrected chi connectivity index (χ1v) is 7.46. The molecule has 2 aromatic heterocycles. The number of nitrogens with two attached hydrogens (primary N) is 1. The average molecular weight is 287 g/mol. The number of aromatic nitrogens is 2. The molecule has 0 unspecified atom stereocenters. The topological polar surface area (TPSA) is 123 Å². The number of carbonyl (C=O) groups is 1. The third kappa shape index (κ3) is 1.91. The van der Waals surface area contributed by atoms with Crippen molar-refractivity contribution in [3.8, 4) is 0 Å². The van der Waals surface area contributed by atoms with Crippen LogP contribution in [0.4, 0.5) is 0 Å². The Balaban J connectivity index is 2.92. The number of hydrogen-bond acceptors (Lipinski definition) is 6. The predicted octanol–water partition coefficient (Wildman–Crippen LogP) is -0.205. The summed E-state index contributed by atoms with van der Waals surface area (Å²) in [6, 6.07) is 0. The van der Waals surface area contributed by atoms with Crippen LogP contribution in [0.2, 0.25) is 0 Å². The third-order valence-electron chi connectivity index (χ3n) is 2.35. The Bertz CT molecular complexity index is 816. The van der Waals surface area contributed by atoms with Gasteiger partial charge in [0.15, 0.2) is 0 Å². The van der Waals surface area contributed by atoms with Crippen molar-refractivity contribution in [3.05, 3.63) is 20.8 Å².